The third-order valence-corrected chi connectivity index (χ3v) is 4.93. The lowest BCUT2D eigenvalue weighted by molar-refractivity contribution is -0.132. The summed E-state index contributed by atoms with van der Waals surface area (Å²) in [7, 11) is -3.33. The van der Waals surface area contributed by atoms with Gasteiger partial charge in [0.05, 0.1) is 6.61 Å². The van der Waals surface area contributed by atoms with Crippen LogP contribution in [0, 0.1) is 5.41 Å². The lowest BCUT2D eigenvalue weighted by atomic mass is 9.76. The van der Waals surface area contributed by atoms with Crippen molar-refractivity contribution in [3.63, 3.8) is 0 Å². The van der Waals surface area contributed by atoms with E-state index in [4.69, 9.17) is 0 Å². The SMILES string of the molecule is CS(=O)(=O)CC(=O)N1CCCC(CO)(Cc2ccccc2)C1. The minimum atomic E-state index is -3.33. The summed E-state index contributed by atoms with van der Waals surface area (Å²) in [6, 6.07) is 9.87. The number of hydrogen-bond acceptors (Lipinski definition) is 4. The Labute approximate surface area is 131 Å². The fourth-order valence-corrected chi connectivity index (χ4v) is 3.73. The van der Waals surface area contributed by atoms with Gasteiger partial charge in [0.25, 0.3) is 0 Å². The Balaban J connectivity index is 2.11. The number of carbonyl (C=O) groups is 1. The van der Waals surface area contributed by atoms with E-state index in [9.17, 15) is 18.3 Å². The molecule has 1 amide bonds. The molecule has 0 bridgehead atoms. The van der Waals surface area contributed by atoms with Gasteiger partial charge in [0.15, 0.2) is 9.84 Å². The van der Waals surface area contributed by atoms with Gasteiger partial charge < -0.3 is 10.0 Å². The fourth-order valence-electron chi connectivity index (χ4n) is 3.09. The maximum Gasteiger partial charge on any atom is 0.237 e. The molecule has 1 saturated heterocycles. The maximum atomic E-state index is 12.1. The summed E-state index contributed by atoms with van der Waals surface area (Å²) in [5.41, 5.74) is 0.737. The molecule has 0 saturated carbocycles. The Morgan fingerprint density at radius 3 is 2.59 bits per heavy atom. The van der Waals surface area contributed by atoms with Crippen molar-refractivity contribution in [2.45, 2.75) is 19.3 Å². The van der Waals surface area contributed by atoms with Gasteiger partial charge in [-0.15, -0.1) is 0 Å². The molecular weight excluding hydrogens is 302 g/mol. The number of amides is 1. The monoisotopic (exact) mass is 325 g/mol. The van der Waals surface area contributed by atoms with Gasteiger partial charge >= 0.3 is 0 Å². The summed E-state index contributed by atoms with van der Waals surface area (Å²) in [5.74, 6) is -0.826. The van der Waals surface area contributed by atoms with Crippen LogP contribution in [0.4, 0.5) is 0 Å². The van der Waals surface area contributed by atoms with E-state index in [1.165, 1.54) is 0 Å². The number of sulfone groups is 1. The third-order valence-electron chi connectivity index (χ3n) is 4.16. The van der Waals surface area contributed by atoms with Crippen molar-refractivity contribution in [1.29, 1.82) is 0 Å². The second-order valence-corrected chi connectivity index (χ2v) is 8.45. The molecule has 1 unspecified atom stereocenters. The predicted octanol–water partition coefficient (Wildman–Crippen LogP) is 0.875. The second kappa shape index (κ2) is 6.79. The van der Waals surface area contributed by atoms with Crippen molar-refractivity contribution in [2.75, 3.05) is 31.7 Å². The summed E-state index contributed by atoms with van der Waals surface area (Å²) in [6.07, 6.45) is 3.37. The van der Waals surface area contributed by atoms with Gasteiger partial charge in [-0.1, -0.05) is 30.3 Å². The topological polar surface area (TPSA) is 74.7 Å². The zero-order valence-corrected chi connectivity index (χ0v) is 13.7. The molecule has 6 heteroatoms. The van der Waals surface area contributed by atoms with Crippen LogP contribution in [0.1, 0.15) is 18.4 Å². The Kier molecular flexibility index (Phi) is 5.24. The molecule has 1 aliphatic heterocycles. The molecule has 5 nitrogen and oxygen atoms in total. The number of hydrogen-bond donors (Lipinski definition) is 1. The number of aliphatic hydroxyl groups excluding tert-OH is 1. The van der Waals surface area contributed by atoms with Crippen molar-refractivity contribution in [1.82, 2.24) is 4.90 Å². The Hall–Kier alpha value is -1.40. The molecule has 1 aliphatic rings. The highest BCUT2D eigenvalue weighted by atomic mass is 32.2. The standard InChI is InChI=1S/C16H23NO4S/c1-22(20,21)11-15(19)17-9-5-8-16(12-17,13-18)10-14-6-3-2-4-7-14/h2-4,6-7,18H,5,8-13H2,1H3. The first-order chi connectivity index (χ1) is 10.3. The summed E-state index contributed by atoms with van der Waals surface area (Å²) in [4.78, 5) is 13.7. The van der Waals surface area contributed by atoms with Gasteiger partial charge in [0.2, 0.25) is 5.91 Å². The predicted molar refractivity (Wildman–Crippen MR) is 85.2 cm³/mol. The zero-order valence-electron chi connectivity index (χ0n) is 12.9. The maximum absolute atomic E-state index is 12.1. The molecule has 1 fully saturated rings. The first-order valence-corrected chi connectivity index (χ1v) is 9.50. The van der Waals surface area contributed by atoms with Crippen molar-refractivity contribution in [2.24, 2.45) is 5.41 Å². The number of likely N-dealkylation sites (tertiary alicyclic amines) is 1. The number of aliphatic hydroxyl groups is 1. The smallest absolute Gasteiger partial charge is 0.237 e. The third kappa shape index (κ3) is 4.55. The number of rotatable bonds is 5. The van der Waals surface area contributed by atoms with Crippen LogP contribution < -0.4 is 0 Å². The summed E-state index contributed by atoms with van der Waals surface area (Å²) >= 11 is 0. The lowest BCUT2D eigenvalue weighted by Gasteiger charge is -2.42. The largest absolute Gasteiger partial charge is 0.396 e. The van der Waals surface area contributed by atoms with Gasteiger partial charge in [0, 0.05) is 24.8 Å². The van der Waals surface area contributed by atoms with E-state index in [2.05, 4.69) is 0 Å². The van der Waals surface area contributed by atoms with Gasteiger partial charge in [-0.05, 0) is 24.8 Å². The highest BCUT2D eigenvalue weighted by Gasteiger charge is 2.37. The van der Waals surface area contributed by atoms with Gasteiger partial charge in [-0.25, -0.2) is 8.42 Å². The molecule has 1 heterocycles. The molecule has 2 rings (SSSR count). The minimum Gasteiger partial charge on any atom is -0.396 e. The zero-order chi connectivity index (χ0) is 16.2. The van der Waals surface area contributed by atoms with E-state index < -0.39 is 15.6 Å². The van der Waals surface area contributed by atoms with Crippen LogP contribution in [0.3, 0.4) is 0 Å². The summed E-state index contributed by atoms with van der Waals surface area (Å²) in [6.45, 7) is 0.961. The van der Waals surface area contributed by atoms with Crippen molar-refractivity contribution in [3.8, 4) is 0 Å². The highest BCUT2D eigenvalue weighted by molar-refractivity contribution is 7.91. The van der Waals surface area contributed by atoms with Gasteiger partial charge in [-0.3, -0.25) is 4.79 Å². The van der Waals surface area contributed by atoms with Crippen LogP contribution in [0.15, 0.2) is 30.3 Å². The van der Waals surface area contributed by atoms with Crippen LogP contribution in [0.25, 0.3) is 0 Å². The normalized spacial score (nSPS) is 22.5. The molecule has 0 spiro atoms. The van der Waals surface area contributed by atoms with E-state index in [0.717, 1.165) is 24.7 Å². The Bertz CT molecular complexity index is 614. The first kappa shape index (κ1) is 17.0. The van der Waals surface area contributed by atoms with Crippen LogP contribution in [0.5, 0.6) is 0 Å². The highest BCUT2D eigenvalue weighted by Crippen LogP contribution is 2.33. The minimum absolute atomic E-state index is 0.00938. The Morgan fingerprint density at radius 1 is 1.32 bits per heavy atom. The molecule has 22 heavy (non-hydrogen) atoms. The molecule has 122 valence electrons. The summed E-state index contributed by atoms with van der Waals surface area (Å²) < 4.78 is 22.6. The van der Waals surface area contributed by atoms with Crippen LogP contribution in [0.2, 0.25) is 0 Å². The molecule has 0 aliphatic carbocycles. The molecule has 0 aromatic heterocycles. The van der Waals surface area contributed by atoms with Gasteiger partial charge in [-0.2, -0.15) is 0 Å². The van der Waals surface area contributed by atoms with Crippen LogP contribution in [-0.4, -0.2) is 56.0 Å². The number of benzene rings is 1. The first-order valence-electron chi connectivity index (χ1n) is 7.44. The quantitative estimate of drug-likeness (QED) is 0.872. The fraction of sp³-hybridized carbons (Fsp3) is 0.562. The van der Waals surface area contributed by atoms with E-state index >= 15 is 0 Å². The van der Waals surface area contributed by atoms with Gasteiger partial charge in [0.1, 0.15) is 5.75 Å². The van der Waals surface area contributed by atoms with E-state index in [-0.39, 0.29) is 17.9 Å². The Morgan fingerprint density at radius 2 is 2.00 bits per heavy atom. The molecular formula is C16H23NO4S. The van der Waals surface area contributed by atoms with E-state index in [1.54, 1.807) is 4.90 Å². The van der Waals surface area contributed by atoms with Crippen molar-refractivity contribution < 1.29 is 18.3 Å². The van der Waals surface area contributed by atoms with Crippen molar-refractivity contribution >= 4 is 15.7 Å². The molecule has 1 aromatic rings. The second-order valence-electron chi connectivity index (χ2n) is 6.31. The average Bonchev–Trinajstić information content (AvgIpc) is 2.47. The molecule has 1 atom stereocenters. The number of carbonyl (C=O) groups excluding carboxylic acids is 1. The van der Waals surface area contributed by atoms with Crippen molar-refractivity contribution in [3.05, 3.63) is 35.9 Å². The number of nitrogens with zero attached hydrogens (tertiary/aromatic N) is 1. The van der Waals surface area contributed by atoms with E-state index in [1.807, 2.05) is 30.3 Å². The molecule has 1 aromatic carbocycles. The molecule has 1 N–H and O–H groups in total. The average molecular weight is 325 g/mol. The van der Waals surface area contributed by atoms with E-state index in [0.29, 0.717) is 19.5 Å². The summed E-state index contributed by atoms with van der Waals surface area (Å²) in [5, 5.41) is 9.88. The van der Waals surface area contributed by atoms with Crippen LogP contribution in [-0.2, 0) is 21.1 Å². The number of piperidine rings is 1. The lowest BCUT2D eigenvalue weighted by Crippen LogP contribution is -2.50. The van der Waals surface area contributed by atoms with Crippen LogP contribution >= 0.6 is 0 Å². The molecule has 0 radical (unpaired) electrons.